The summed E-state index contributed by atoms with van der Waals surface area (Å²) in [6.45, 7) is 0.704. The number of hydrogen-bond acceptors (Lipinski definition) is 4. The van der Waals surface area contributed by atoms with E-state index in [0.29, 0.717) is 17.6 Å². The minimum absolute atomic E-state index is 0.559. The Hall–Kier alpha value is -2.59. The Bertz CT molecular complexity index is 907. The summed E-state index contributed by atoms with van der Waals surface area (Å²) < 4.78 is 0. The van der Waals surface area contributed by atoms with E-state index >= 15 is 0 Å². The second kappa shape index (κ2) is 9.07. The molecular weight excluding hydrogens is 368 g/mol. The van der Waals surface area contributed by atoms with Crippen molar-refractivity contribution in [3.8, 4) is 11.3 Å². The molecule has 5 heteroatoms. The molecule has 1 fully saturated rings. The van der Waals surface area contributed by atoms with E-state index in [0.717, 1.165) is 22.8 Å². The number of aromatic nitrogens is 2. The summed E-state index contributed by atoms with van der Waals surface area (Å²) in [5.74, 6) is 0.830. The molecule has 0 unspecified atom stereocenters. The zero-order chi connectivity index (χ0) is 19.2. The van der Waals surface area contributed by atoms with Gasteiger partial charge in [0.15, 0.2) is 0 Å². The molecule has 28 heavy (non-hydrogen) atoms. The molecule has 2 N–H and O–H groups in total. The van der Waals surface area contributed by atoms with Crippen molar-refractivity contribution in [2.24, 2.45) is 0 Å². The van der Waals surface area contributed by atoms with Crippen LogP contribution in [0.5, 0.6) is 0 Å². The van der Waals surface area contributed by atoms with Crippen molar-refractivity contribution in [1.82, 2.24) is 9.97 Å². The smallest absolute Gasteiger partial charge is 0.126 e. The third kappa shape index (κ3) is 4.82. The number of halogens is 1. The Morgan fingerprint density at radius 2 is 1.79 bits per heavy atom. The monoisotopic (exact) mass is 392 g/mol. The van der Waals surface area contributed by atoms with Gasteiger partial charge in [-0.15, -0.1) is 0 Å². The van der Waals surface area contributed by atoms with E-state index in [1.807, 2.05) is 36.4 Å². The van der Waals surface area contributed by atoms with E-state index in [-0.39, 0.29) is 0 Å². The first-order chi connectivity index (χ1) is 13.8. The average molecular weight is 393 g/mol. The number of nitrogens with zero attached hydrogens (tertiary/aromatic N) is 2. The molecule has 0 spiro atoms. The van der Waals surface area contributed by atoms with Gasteiger partial charge >= 0.3 is 0 Å². The molecule has 1 aromatic carbocycles. The standard InChI is InChI=1S/C23H25ClN4/c24-21-10-9-19(27-18-5-2-1-3-6-18)15-20(21)22-7-4-8-23(28-22)26-16-17-11-13-25-14-12-17/h4,7-15,18,27H,1-3,5-6,16H2,(H,26,28). The van der Waals surface area contributed by atoms with Crippen LogP contribution in [0, 0.1) is 0 Å². The summed E-state index contributed by atoms with van der Waals surface area (Å²) in [6.07, 6.45) is 10.1. The van der Waals surface area contributed by atoms with Gasteiger partial charge in [-0.25, -0.2) is 4.98 Å². The zero-order valence-corrected chi connectivity index (χ0v) is 16.6. The first-order valence-corrected chi connectivity index (χ1v) is 10.3. The maximum Gasteiger partial charge on any atom is 0.126 e. The predicted octanol–water partition coefficient (Wildman–Crippen LogP) is 6.15. The lowest BCUT2D eigenvalue weighted by molar-refractivity contribution is 0.463. The van der Waals surface area contributed by atoms with Crippen molar-refractivity contribution >= 4 is 23.1 Å². The van der Waals surface area contributed by atoms with Crippen LogP contribution in [-0.2, 0) is 6.54 Å². The van der Waals surface area contributed by atoms with Crippen molar-refractivity contribution in [2.75, 3.05) is 10.6 Å². The van der Waals surface area contributed by atoms with Gasteiger partial charge in [-0.05, 0) is 60.9 Å². The summed E-state index contributed by atoms with van der Waals surface area (Å²) in [4.78, 5) is 8.82. The molecule has 0 saturated heterocycles. The minimum atomic E-state index is 0.559. The van der Waals surface area contributed by atoms with Gasteiger partial charge in [0.1, 0.15) is 5.82 Å². The number of nitrogens with one attached hydrogen (secondary N) is 2. The second-order valence-electron chi connectivity index (χ2n) is 7.29. The van der Waals surface area contributed by atoms with Crippen LogP contribution in [0.3, 0.4) is 0 Å². The van der Waals surface area contributed by atoms with Crippen LogP contribution in [0.4, 0.5) is 11.5 Å². The SMILES string of the molecule is Clc1ccc(NC2CCCCC2)cc1-c1cccc(NCc2ccncc2)n1. The summed E-state index contributed by atoms with van der Waals surface area (Å²) in [5.41, 5.74) is 4.11. The molecule has 144 valence electrons. The van der Waals surface area contributed by atoms with E-state index < -0.39 is 0 Å². The Labute approximate surface area is 171 Å². The maximum atomic E-state index is 6.50. The summed E-state index contributed by atoms with van der Waals surface area (Å²) in [7, 11) is 0. The lowest BCUT2D eigenvalue weighted by Gasteiger charge is -2.24. The van der Waals surface area contributed by atoms with Crippen LogP contribution in [0.25, 0.3) is 11.3 Å². The Balaban J connectivity index is 1.50. The molecule has 1 aliphatic carbocycles. The quantitative estimate of drug-likeness (QED) is 0.527. The highest BCUT2D eigenvalue weighted by molar-refractivity contribution is 6.33. The van der Waals surface area contributed by atoms with E-state index in [1.165, 1.54) is 37.7 Å². The van der Waals surface area contributed by atoms with Crippen LogP contribution < -0.4 is 10.6 Å². The summed E-state index contributed by atoms with van der Waals surface area (Å²) >= 11 is 6.50. The van der Waals surface area contributed by atoms with Crippen molar-refractivity contribution in [3.63, 3.8) is 0 Å². The molecule has 2 aromatic heterocycles. The fraction of sp³-hybridized carbons (Fsp3) is 0.304. The molecule has 4 nitrogen and oxygen atoms in total. The number of anilines is 2. The normalized spacial score (nSPS) is 14.6. The molecule has 0 amide bonds. The first kappa shape index (κ1) is 18.8. The largest absolute Gasteiger partial charge is 0.382 e. The first-order valence-electron chi connectivity index (χ1n) is 9.94. The third-order valence-electron chi connectivity index (χ3n) is 5.19. The Morgan fingerprint density at radius 1 is 0.964 bits per heavy atom. The maximum absolute atomic E-state index is 6.50. The summed E-state index contributed by atoms with van der Waals surface area (Å²) in [6, 6.07) is 16.7. The van der Waals surface area contributed by atoms with Gasteiger partial charge in [-0.2, -0.15) is 0 Å². The Morgan fingerprint density at radius 3 is 2.61 bits per heavy atom. The molecule has 0 radical (unpaired) electrons. The van der Waals surface area contributed by atoms with E-state index in [9.17, 15) is 0 Å². The molecule has 2 heterocycles. The number of rotatable bonds is 6. The Kier molecular flexibility index (Phi) is 6.07. The average Bonchev–Trinajstić information content (AvgIpc) is 2.75. The van der Waals surface area contributed by atoms with Gasteiger partial charge in [0.25, 0.3) is 0 Å². The van der Waals surface area contributed by atoms with Gasteiger partial charge in [0.05, 0.1) is 10.7 Å². The van der Waals surface area contributed by atoms with Crippen LogP contribution in [0.15, 0.2) is 60.9 Å². The second-order valence-corrected chi connectivity index (χ2v) is 7.70. The van der Waals surface area contributed by atoms with Crippen molar-refractivity contribution < 1.29 is 0 Å². The van der Waals surface area contributed by atoms with Gasteiger partial charge in [-0.1, -0.05) is 36.9 Å². The van der Waals surface area contributed by atoms with Crippen LogP contribution in [0.1, 0.15) is 37.7 Å². The van der Waals surface area contributed by atoms with Crippen LogP contribution in [-0.4, -0.2) is 16.0 Å². The molecule has 0 atom stereocenters. The fourth-order valence-electron chi connectivity index (χ4n) is 3.67. The third-order valence-corrected chi connectivity index (χ3v) is 5.52. The minimum Gasteiger partial charge on any atom is -0.382 e. The summed E-state index contributed by atoms with van der Waals surface area (Å²) in [5, 5.41) is 7.76. The molecule has 3 aromatic rings. The number of benzene rings is 1. The van der Waals surface area contributed by atoms with Crippen LogP contribution in [0.2, 0.25) is 5.02 Å². The molecule has 1 aliphatic rings. The highest BCUT2D eigenvalue weighted by Gasteiger charge is 2.14. The topological polar surface area (TPSA) is 49.8 Å². The molecular formula is C23H25ClN4. The molecule has 0 bridgehead atoms. The van der Waals surface area contributed by atoms with E-state index in [4.69, 9.17) is 16.6 Å². The highest BCUT2D eigenvalue weighted by atomic mass is 35.5. The fourth-order valence-corrected chi connectivity index (χ4v) is 3.88. The van der Waals surface area contributed by atoms with Gasteiger partial charge in [0, 0.05) is 36.2 Å². The van der Waals surface area contributed by atoms with Gasteiger partial charge in [-0.3, -0.25) is 4.98 Å². The van der Waals surface area contributed by atoms with E-state index in [1.54, 1.807) is 12.4 Å². The van der Waals surface area contributed by atoms with Crippen molar-refractivity contribution in [2.45, 2.75) is 44.7 Å². The number of hydrogen-bond donors (Lipinski definition) is 2. The lowest BCUT2D eigenvalue weighted by Crippen LogP contribution is -2.22. The van der Waals surface area contributed by atoms with E-state index in [2.05, 4.69) is 27.8 Å². The van der Waals surface area contributed by atoms with Crippen molar-refractivity contribution in [1.29, 1.82) is 0 Å². The van der Waals surface area contributed by atoms with Crippen LogP contribution >= 0.6 is 11.6 Å². The van der Waals surface area contributed by atoms with Crippen molar-refractivity contribution in [3.05, 3.63) is 71.5 Å². The molecule has 4 rings (SSSR count). The molecule has 0 aliphatic heterocycles. The highest BCUT2D eigenvalue weighted by Crippen LogP contribution is 2.31. The van der Waals surface area contributed by atoms with Gasteiger partial charge in [0.2, 0.25) is 0 Å². The number of pyridine rings is 2. The predicted molar refractivity (Wildman–Crippen MR) is 117 cm³/mol. The zero-order valence-electron chi connectivity index (χ0n) is 15.9. The van der Waals surface area contributed by atoms with Gasteiger partial charge < -0.3 is 10.6 Å². The molecule has 1 saturated carbocycles. The lowest BCUT2D eigenvalue weighted by atomic mass is 9.95.